The number of rotatable bonds is 11. The quantitative estimate of drug-likeness (QED) is 0.0963. The molecule has 7 rings (SSSR count). The van der Waals surface area contributed by atoms with Gasteiger partial charge in [0.1, 0.15) is 6.10 Å². The van der Waals surface area contributed by atoms with Crippen LogP contribution in [0.15, 0.2) is 97.1 Å². The molecular weight excluding hydrogens is 597 g/mol. The van der Waals surface area contributed by atoms with Gasteiger partial charge in [-0.1, -0.05) is 86.2 Å². The Labute approximate surface area is 295 Å². The van der Waals surface area contributed by atoms with Crippen molar-refractivity contribution in [3.05, 3.63) is 142 Å². The third-order valence-corrected chi connectivity index (χ3v) is 11.8. The Morgan fingerprint density at radius 2 is 1.06 bits per heavy atom. The van der Waals surface area contributed by atoms with Crippen LogP contribution in [0.5, 0.6) is 0 Å². The van der Waals surface area contributed by atoms with E-state index in [1.165, 1.54) is 103 Å². The fourth-order valence-corrected chi connectivity index (χ4v) is 8.90. The highest BCUT2D eigenvalue weighted by molar-refractivity contribution is 5.56. The number of nitrogens with two attached hydrogens (primary N) is 2. The smallest absolute Gasteiger partial charge is 0.108 e. The van der Waals surface area contributed by atoms with Crippen LogP contribution in [0, 0.1) is 11.8 Å². The summed E-state index contributed by atoms with van der Waals surface area (Å²) in [6.45, 7) is 2.98. The summed E-state index contributed by atoms with van der Waals surface area (Å²) in [4.78, 5) is 0. The maximum atomic E-state index is 6.57. The van der Waals surface area contributed by atoms with E-state index in [1.54, 1.807) is 5.56 Å². The first-order valence-electron chi connectivity index (χ1n) is 19.3. The molecule has 2 fully saturated rings. The van der Waals surface area contributed by atoms with E-state index in [0.29, 0.717) is 12.5 Å². The predicted molar refractivity (Wildman–Crippen MR) is 206 cm³/mol. The molecule has 49 heavy (non-hydrogen) atoms. The number of hydrogen-bond acceptors (Lipinski definition) is 3. The van der Waals surface area contributed by atoms with E-state index in [0.717, 1.165) is 48.4 Å². The molecule has 0 unspecified atom stereocenters. The lowest BCUT2D eigenvalue weighted by atomic mass is 9.76. The summed E-state index contributed by atoms with van der Waals surface area (Å²) in [7, 11) is 0. The van der Waals surface area contributed by atoms with Crippen molar-refractivity contribution in [1.82, 2.24) is 0 Å². The van der Waals surface area contributed by atoms with Crippen molar-refractivity contribution in [2.45, 2.75) is 108 Å². The van der Waals surface area contributed by atoms with Crippen LogP contribution >= 0.6 is 0 Å². The third kappa shape index (κ3) is 8.32. The lowest BCUT2D eigenvalue weighted by Crippen LogP contribution is -2.18. The molecule has 256 valence electrons. The number of fused-ring (bicyclic) bond motifs is 2. The number of ether oxygens (including phenoxy) is 1. The monoisotopic (exact) mass is 652 g/mol. The molecule has 3 aliphatic carbocycles. The molecule has 4 N–H and O–H groups in total. The van der Waals surface area contributed by atoms with E-state index >= 15 is 0 Å². The van der Waals surface area contributed by atoms with E-state index in [1.807, 2.05) is 12.1 Å². The molecule has 3 aliphatic rings. The second-order valence-electron chi connectivity index (χ2n) is 15.3. The van der Waals surface area contributed by atoms with Gasteiger partial charge in [-0.2, -0.15) is 0 Å². The lowest BCUT2D eigenvalue weighted by molar-refractivity contribution is 0.0759. The predicted octanol–water partition coefficient (Wildman–Crippen LogP) is 11.3. The van der Waals surface area contributed by atoms with Crippen LogP contribution in [0.25, 0.3) is 0 Å². The zero-order valence-corrected chi connectivity index (χ0v) is 29.6. The van der Waals surface area contributed by atoms with Crippen LogP contribution < -0.4 is 11.5 Å². The summed E-state index contributed by atoms with van der Waals surface area (Å²) >= 11 is 0. The topological polar surface area (TPSA) is 61.3 Å². The first-order valence-corrected chi connectivity index (χ1v) is 19.3. The lowest BCUT2D eigenvalue weighted by Gasteiger charge is -2.29. The number of aryl methyl sites for hydroxylation is 2. The molecule has 0 saturated heterocycles. The van der Waals surface area contributed by atoms with E-state index in [9.17, 15) is 0 Å². The van der Waals surface area contributed by atoms with Gasteiger partial charge in [0, 0.05) is 18.0 Å². The van der Waals surface area contributed by atoms with Gasteiger partial charge in [0.05, 0.1) is 0 Å². The van der Waals surface area contributed by atoms with Crippen LogP contribution in [0.3, 0.4) is 0 Å². The van der Waals surface area contributed by atoms with Crippen LogP contribution in [-0.2, 0) is 24.0 Å². The third-order valence-electron chi connectivity index (χ3n) is 11.8. The van der Waals surface area contributed by atoms with Gasteiger partial charge in [0.25, 0.3) is 0 Å². The van der Waals surface area contributed by atoms with Gasteiger partial charge in [-0.3, -0.25) is 0 Å². The summed E-state index contributed by atoms with van der Waals surface area (Å²) in [5.41, 5.74) is 24.8. The second kappa shape index (κ2) is 15.8. The van der Waals surface area contributed by atoms with Crippen LogP contribution in [-0.4, -0.2) is 6.61 Å². The summed E-state index contributed by atoms with van der Waals surface area (Å²) in [6, 6.07) is 31.5. The minimum atomic E-state index is -0.0685. The molecule has 0 atom stereocenters. The van der Waals surface area contributed by atoms with Crippen LogP contribution in [0.4, 0.5) is 11.4 Å². The molecule has 0 radical (unpaired) electrons. The van der Waals surface area contributed by atoms with Crippen molar-refractivity contribution >= 4 is 11.4 Å². The van der Waals surface area contributed by atoms with Crippen molar-refractivity contribution in [3.8, 4) is 0 Å². The van der Waals surface area contributed by atoms with Crippen molar-refractivity contribution in [2.75, 3.05) is 18.1 Å². The average molecular weight is 653 g/mol. The van der Waals surface area contributed by atoms with Crippen LogP contribution in [0.2, 0.25) is 0 Å². The largest absolute Gasteiger partial charge is 0.399 e. The fraction of sp³-hybridized carbons (Fsp3) is 0.435. The zero-order valence-electron chi connectivity index (χ0n) is 29.6. The standard InChI is InChI=1S/C46H56N2O/c1-2-4-32-8-16-36(17-9-32)38-20-12-34(13-21-38)6-7-35-14-22-39(23-15-35)37-18-10-33(11-19-37)5-3-28-49-46-44-26-24-42(47)30-40(44)29-41-31-43(48)25-27-45(41)46/h6-11,16-19,24-27,30-31,34-35,38-39,46H,2-5,12-15,20-23,28-29,47-48H2,1H3/b7-6+. The molecule has 4 aromatic rings. The van der Waals surface area contributed by atoms with E-state index in [2.05, 4.69) is 91.9 Å². The normalized spacial score (nSPS) is 22.6. The Hall–Kier alpha value is -3.82. The van der Waals surface area contributed by atoms with Gasteiger partial charge >= 0.3 is 0 Å². The Kier molecular flexibility index (Phi) is 10.9. The van der Waals surface area contributed by atoms with Gasteiger partial charge < -0.3 is 16.2 Å². The fourth-order valence-electron chi connectivity index (χ4n) is 8.90. The van der Waals surface area contributed by atoms with Crippen molar-refractivity contribution < 1.29 is 4.74 Å². The van der Waals surface area contributed by atoms with Crippen molar-refractivity contribution in [2.24, 2.45) is 11.8 Å². The Balaban J connectivity index is 0.837. The molecule has 3 heteroatoms. The molecule has 0 heterocycles. The number of allylic oxidation sites excluding steroid dienone is 2. The number of nitrogen functional groups attached to an aromatic ring is 2. The molecule has 0 aliphatic heterocycles. The molecule has 0 spiro atoms. The summed E-state index contributed by atoms with van der Waals surface area (Å²) in [6.07, 6.45) is 21.1. The summed E-state index contributed by atoms with van der Waals surface area (Å²) in [5.74, 6) is 3.00. The maximum Gasteiger partial charge on any atom is 0.108 e. The number of benzene rings is 4. The summed E-state index contributed by atoms with van der Waals surface area (Å²) in [5, 5.41) is 0. The van der Waals surface area contributed by atoms with Crippen molar-refractivity contribution in [3.63, 3.8) is 0 Å². The highest BCUT2D eigenvalue weighted by atomic mass is 16.5. The van der Waals surface area contributed by atoms with Crippen LogP contribution in [0.1, 0.15) is 134 Å². The Morgan fingerprint density at radius 1 is 0.592 bits per heavy atom. The van der Waals surface area contributed by atoms with E-state index in [-0.39, 0.29) is 6.10 Å². The van der Waals surface area contributed by atoms with Gasteiger partial charge in [-0.15, -0.1) is 0 Å². The van der Waals surface area contributed by atoms with Gasteiger partial charge in [-0.25, -0.2) is 0 Å². The highest BCUT2D eigenvalue weighted by Gasteiger charge is 2.27. The maximum absolute atomic E-state index is 6.57. The first kappa shape index (κ1) is 33.7. The number of hydrogen-bond donors (Lipinski definition) is 2. The van der Waals surface area contributed by atoms with Gasteiger partial charge in [0.15, 0.2) is 0 Å². The Morgan fingerprint density at radius 3 is 1.53 bits per heavy atom. The average Bonchev–Trinajstić information content (AvgIpc) is 3.13. The van der Waals surface area contributed by atoms with Gasteiger partial charge in [-0.05, 0) is 169 Å². The Bertz CT molecular complexity index is 1640. The van der Waals surface area contributed by atoms with E-state index in [4.69, 9.17) is 16.2 Å². The minimum Gasteiger partial charge on any atom is -0.399 e. The molecule has 0 amide bonds. The van der Waals surface area contributed by atoms with Gasteiger partial charge in [0.2, 0.25) is 0 Å². The molecule has 3 nitrogen and oxygen atoms in total. The SMILES string of the molecule is CCCc1ccc(C2CCC(/C=C/C3CCC(c4ccc(CCCOC5c6ccc(N)cc6Cc6cc(N)ccc65)cc4)CC3)CC2)cc1. The molecule has 4 aromatic carbocycles. The second-order valence-corrected chi connectivity index (χ2v) is 15.3. The molecule has 2 saturated carbocycles. The summed E-state index contributed by atoms with van der Waals surface area (Å²) < 4.78 is 6.57. The highest BCUT2D eigenvalue weighted by Crippen LogP contribution is 2.41. The number of anilines is 2. The molecular formula is C46H56N2O. The first-order chi connectivity index (χ1) is 24.0. The minimum absolute atomic E-state index is 0.0685. The molecule has 0 aromatic heterocycles. The van der Waals surface area contributed by atoms with E-state index < -0.39 is 0 Å². The molecule has 0 bridgehead atoms. The zero-order chi connectivity index (χ0) is 33.6. The van der Waals surface area contributed by atoms with Crippen molar-refractivity contribution in [1.29, 1.82) is 0 Å².